The fourth-order valence-corrected chi connectivity index (χ4v) is 3.80. The van der Waals surface area contributed by atoms with Crippen LogP contribution in [-0.2, 0) is 17.8 Å². The third kappa shape index (κ3) is 6.22. The van der Waals surface area contributed by atoms with Crippen molar-refractivity contribution in [2.75, 3.05) is 33.4 Å². The Morgan fingerprint density at radius 2 is 2.21 bits per heavy atom. The van der Waals surface area contributed by atoms with E-state index in [0.29, 0.717) is 35.6 Å². The molecule has 152 valence electrons. The van der Waals surface area contributed by atoms with Gasteiger partial charge in [0.2, 0.25) is 5.88 Å². The van der Waals surface area contributed by atoms with Crippen LogP contribution in [0.3, 0.4) is 0 Å². The van der Waals surface area contributed by atoms with Crippen LogP contribution in [0, 0.1) is 0 Å². The lowest BCUT2D eigenvalue weighted by Gasteiger charge is -2.33. The minimum atomic E-state index is -0.238. The van der Waals surface area contributed by atoms with Gasteiger partial charge in [0.05, 0.1) is 36.4 Å². The number of halogens is 2. The lowest BCUT2D eigenvalue weighted by atomic mass is 10.2. The summed E-state index contributed by atoms with van der Waals surface area (Å²) in [6.45, 7) is 3.78. The Labute approximate surface area is 178 Å². The Hall–Kier alpha value is -1.58. The van der Waals surface area contributed by atoms with Gasteiger partial charge in [-0.1, -0.05) is 29.3 Å². The van der Waals surface area contributed by atoms with Crippen molar-refractivity contribution in [3.63, 3.8) is 0 Å². The van der Waals surface area contributed by atoms with Crippen molar-refractivity contribution in [1.82, 2.24) is 19.9 Å². The lowest BCUT2D eigenvalue weighted by Crippen LogP contribution is -2.48. The highest BCUT2D eigenvalue weighted by molar-refractivity contribution is 7.05. The molecule has 7 nitrogen and oxygen atoms in total. The first kappa shape index (κ1) is 21.1. The smallest absolute Gasteiger partial charge is 0.315 e. The standard InChI is InChI=1S/C18H22Cl2N4O3S/c1-26-17-7-14(28-23-17)9-22-18(25)21-8-13-11-24(4-5-27-13)10-12-2-3-15(19)16(20)6-12/h2-3,6-7,13H,4-5,8-11H2,1H3,(H2,21,22,25). The monoisotopic (exact) mass is 444 g/mol. The zero-order valence-electron chi connectivity index (χ0n) is 15.4. The maximum atomic E-state index is 12.0. The lowest BCUT2D eigenvalue weighted by molar-refractivity contribution is -0.0287. The minimum absolute atomic E-state index is 0.0641. The topological polar surface area (TPSA) is 75.7 Å². The first-order valence-electron chi connectivity index (χ1n) is 8.82. The summed E-state index contributed by atoms with van der Waals surface area (Å²) in [4.78, 5) is 15.2. The number of nitrogens with zero attached hydrogens (tertiary/aromatic N) is 2. The predicted molar refractivity (Wildman–Crippen MR) is 110 cm³/mol. The first-order valence-corrected chi connectivity index (χ1v) is 10.4. The fourth-order valence-electron chi connectivity index (χ4n) is 2.85. The summed E-state index contributed by atoms with van der Waals surface area (Å²) >= 11 is 13.4. The Morgan fingerprint density at radius 1 is 1.36 bits per heavy atom. The number of nitrogens with one attached hydrogen (secondary N) is 2. The van der Waals surface area contributed by atoms with Gasteiger partial charge in [-0.3, -0.25) is 4.90 Å². The van der Waals surface area contributed by atoms with Crippen LogP contribution in [0.5, 0.6) is 5.88 Å². The molecule has 3 rings (SSSR count). The molecule has 2 heterocycles. The second kappa shape index (κ2) is 10.3. The van der Waals surface area contributed by atoms with Crippen molar-refractivity contribution < 1.29 is 14.3 Å². The Kier molecular flexibility index (Phi) is 7.75. The highest BCUT2D eigenvalue weighted by atomic mass is 35.5. The average molecular weight is 445 g/mol. The van der Waals surface area contributed by atoms with Crippen LogP contribution >= 0.6 is 34.7 Å². The van der Waals surface area contributed by atoms with E-state index in [1.54, 1.807) is 13.2 Å². The molecular formula is C18H22Cl2N4O3S. The van der Waals surface area contributed by atoms with Gasteiger partial charge in [0.15, 0.2) is 0 Å². The van der Waals surface area contributed by atoms with Crippen LogP contribution in [-0.4, -0.2) is 54.8 Å². The molecule has 0 radical (unpaired) electrons. The molecule has 0 saturated carbocycles. The van der Waals surface area contributed by atoms with E-state index in [2.05, 4.69) is 19.9 Å². The number of morpholine rings is 1. The summed E-state index contributed by atoms with van der Waals surface area (Å²) in [5, 5.41) is 6.77. The van der Waals surface area contributed by atoms with E-state index in [9.17, 15) is 4.79 Å². The number of carbonyl (C=O) groups excluding carboxylic acids is 1. The Morgan fingerprint density at radius 3 is 2.96 bits per heavy atom. The molecule has 2 aromatic rings. The van der Waals surface area contributed by atoms with Crippen molar-refractivity contribution >= 4 is 40.8 Å². The van der Waals surface area contributed by atoms with Crippen LogP contribution in [0.1, 0.15) is 10.4 Å². The maximum absolute atomic E-state index is 12.0. The molecule has 1 aromatic heterocycles. The molecule has 0 bridgehead atoms. The molecule has 10 heteroatoms. The van der Waals surface area contributed by atoms with Crippen LogP contribution in [0.15, 0.2) is 24.3 Å². The molecule has 0 spiro atoms. The van der Waals surface area contributed by atoms with E-state index in [0.717, 1.165) is 30.1 Å². The zero-order valence-corrected chi connectivity index (χ0v) is 17.7. The van der Waals surface area contributed by atoms with E-state index in [-0.39, 0.29) is 12.1 Å². The summed E-state index contributed by atoms with van der Waals surface area (Å²) in [6.07, 6.45) is -0.0641. The van der Waals surface area contributed by atoms with Gasteiger partial charge < -0.3 is 20.1 Å². The second-order valence-electron chi connectivity index (χ2n) is 6.38. The molecule has 1 aromatic carbocycles. The Bertz CT molecular complexity index is 805. The summed E-state index contributed by atoms with van der Waals surface area (Å²) < 4.78 is 14.9. The molecular weight excluding hydrogens is 423 g/mol. The van der Waals surface area contributed by atoms with E-state index >= 15 is 0 Å². The van der Waals surface area contributed by atoms with Crippen molar-refractivity contribution in [1.29, 1.82) is 0 Å². The van der Waals surface area contributed by atoms with Gasteiger partial charge in [-0.05, 0) is 29.2 Å². The zero-order chi connectivity index (χ0) is 19.9. The summed E-state index contributed by atoms with van der Waals surface area (Å²) in [6, 6.07) is 7.23. The van der Waals surface area contributed by atoms with Crippen molar-refractivity contribution in [3.8, 4) is 5.88 Å². The third-order valence-electron chi connectivity index (χ3n) is 4.27. The van der Waals surface area contributed by atoms with E-state index in [1.807, 2.05) is 18.2 Å². The Balaban J connectivity index is 1.40. The van der Waals surface area contributed by atoms with Gasteiger partial charge in [-0.2, -0.15) is 4.37 Å². The highest BCUT2D eigenvalue weighted by Crippen LogP contribution is 2.23. The largest absolute Gasteiger partial charge is 0.480 e. The van der Waals surface area contributed by atoms with E-state index < -0.39 is 0 Å². The molecule has 2 N–H and O–H groups in total. The highest BCUT2D eigenvalue weighted by Gasteiger charge is 2.21. The minimum Gasteiger partial charge on any atom is -0.480 e. The van der Waals surface area contributed by atoms with Crippen molar-refractivity contribution in [2.45, 2.75) is 19.2 Å². The summed E-state index contributed by atoms with van der Waals surface area (Å²) in [5.74, 6) is 0.555. The molecule has 1 saturated heterocycles. The van der Waals surface area contributed by atoms with Gasteiger partial charge >= 0.3 is 6.03 Å². The number of urea groups is 1. The second-order valence-corrected chi connectivity index (χ2v) is 8.08. The molecule has 1 fully saturated rings. The van der Waals surface area contributed by atoms with Crippen molar-refractivity contribution in [3.05, 3.63) is 44.8 Å². The first-order chi connectivity index (χ1) is 13.5. The summed E-state index contributed by atoms with van der Waals surface area (Å²) in [5.41, 5.74) is 1.10. The number of benzene rings is 1. The number of carbonyl (C=O) groups is 1. The van der Waals surface area contributed by atoms with Gasteiger partial charge in [-0.25, -0.2) is 4.79 Å². The molecule has 1 unspecified atom stereocenters. The molecule has 0 aliphatic carbocycles. The number of methoxy groups -OCH3 is 1. The average Bonchev–Trinajstić information content (AvgIpc) is 3.16. The van der Waals surface area contributed by atoms with Crippen LogP contribution in [0.2, 0.25) is 10.0 Å². The van der Waals surface area contributed by atoms with Gasteiger partial charge in [0.25, 0.3) is 0 Å². The fraction of sp³-hybridized carbons (Fsp3) is 0.444. The maximum Gasteiger partial charge on any atom is 0.315 e. The van der Waals surface area contributed by atoms with E-state index in [1.165, 1.54) is 11.5 Å². The van der Waals surface area contributed by atoms with Crippen LogP contribution < -0.4 is 15.4 Å². The molecule has 2 amide bonds. The van der Waals surface area contributed by atoms with Gasteiger partial charge in [0, 0.05) is 37.1 Å². The number of rotatable bonds is 7. The number of ether oxygens (including phenoxy) is 2. The van der Waals surface area contributed by atoms with Gasteiger partial charge in [-0.15, -0.1) is 0 Å². The number of hydrogen-bond acceptors (Lipinski definition) is 6. The SMILES string of the molecule is COc1cc(CNC(=O)NCC2CN(Cc3ccc(Cl)c(Cl)c3)CCO2)sn1. The van der Waals surface area contributed by atoms with E-state index in [4.69, 9.17) is 32.7 Å². The normalized spacial score (nSPS) is 17.3. The van der Waals surface area contributed by atoms with Crippen LogP contribution in [0.25, 0.3) is 0 Å². The molecule has 1 atom stereocenters. The number of amides is 2. The third-order valence-corrected chi connectivity index (χ3v) is 5.78. The van der Waals surface area contributed by atoms with Crippen molar-refractivity contribution in [2.24, 2.45) is 0 Å². The predicted octanol–water partition coefficient (Wildman–Crippen LogP) is 3.16. The molecule has 28 heavy (non-hydrogen) atoms. The van der Waals surface area contributed by atoms with Crippen LogP contribution in [0.4, 0.5) is 4.79 Å². The quantitative estimate of drug-likeness (QED) is 0.685. The number of aromatic nitrogens is 1. The van der Waals surface area contributed by atoms with Gasteiger partial charge in [0.1, 0.15) is 0 Å². The molecule has 1 aliphatic rings. The number of hydrogen-bond donors (Lipinski definition) is 2. The summed E-state index contributed by atoms with van der Waals surface area (Å²) in [7, 11) is 1.56. The molecule has 1 aliphatic heterocycles.